The predicted octanol–water partition coefficient (Wildman–Crippen LogP) is 6.24. The summed E-state index contributed by atoms with van der Waals surface area (Å²) in [7, 11) is -3.75. The molecule has 2 aliphatic carbocycles. The number of alkyl halides is 3. The fraction of sp³-hybridized carbons (Fsp3) is 0.333. The first kappa shape index (κ1) is 20.5. The average Bonchev–Trinajstić information content (AvgIpc) is 3.31. The highest BCUT2D eigenvalue weighted by Gasteiger charge is 2.49. The third kappa shape index (κ3) is 3.61. The molecule has 1 fully saturated rings. The lowest BCUT2D eigenvalue weighted by Crippen LogP contribution is -2.23. The van der Waals surface area contributed by atoms with E-state index in [4.69, 9.17) is 4.74 Å². The van der Waals surface area contributed by atoms with Gasteiger partial charge in [0.2, 0.25) is 0 Å². The molecule has 0 N–H and O–H groups in total. The Morgan fingerprint density at radius 1 is 0.966 bits per heavy atom. The van der Waals surface area contributed by atoms with E-state index in [1.807, 2.05) is 18.2 Å². The predicted molar refractivity (Wildman–Crippen MR) is 108 cm³/mol. The average molecular weight is 487 g/mol. The minimum Gasteiger partial charge on any atom is -0.496 e. The van der Waals surface area contributed by atoms with Gasteiger partial charge in [-0.2, -0.15) is 13.2 Å². The van der Waals surface area contributed by atoms with Gasteiger partial charge in [0.15, 0.2) is 0 Å². The van der Waals surface area contributed by atoms with Crippen LogP contribution < -0.4 is 4.74 Å². The molecule has 0 amide bonds. The molecule has 8 heteroatoms. The van der Waals surface area contributed by atoms with Crippen LogP contribution in [0.15, 0.2) is 51.8 Å². The number of hydrogen-bond donors (Lipinski definition) is 0. The monoisotopic (exact) mass is 486 g/mol. The van der Waals surface area contributed by atoms with Crippen LogP contribution in [0.25, 0.3) is 11.1 Å². The molecule has 2 aromatic carbocycles. The van der Waals surface area contributed by atoms with Crippen LogP contribution in [0.1, 0.15) is 36.8 Å². The van der Waals surface area contributed by atoms with E-state index >= 15 is 0 Å². The largest absolute Gasteiger partial charge is 0.501 e. The van der Waals surface area contributed by atoms with Gasteiger partial charge in [-0.1, -0.05) is 18.2 Å². The minimum atomic E-state index is -5.34. The first-order valence-electron chi connectivity index (χ1n) is 9.04. The summed E-state index contributed by atoms with van der Waals surface area (Å²) in [5, 5.41) is 0. The van der Waals surface area contributed by atoms with Crippen molar-refractivity contribution >= 4 is 36.9 Å². The van der Waals surface area contributed by atoms with Gasteiger partial charge in [-0.15, -0.1) is 0 Å². The van der Waals surface area contributed by atoms with Crippen molar-refractivity contribution in [1.82, 2.24) is 0 Å². The van der Waals surface area contributed by atoms with Crippen LogP contribution in [0.3, 0.4) is 0 Å². The summed E-state index contributed by atoms with van der Waals surface area (Å²) in [6, 6.07) is 10.9. The molecule has 1 spiro atoms. The second-order valence-corrected chi connectivity index (χ2v) is 10.4. The van der Waals surface area contributed by atoms with Gasteiger partial charge in [0.05, 0.1) is 16.5 Å². The molecule has 0 bridgehead atoms. The molecule has 0 aliphatic heterocycles. The SMILES string of the molecule is COc1ccc(C2=C(c3ccc(S(=O)(=O)C(F)(F)F)cc3)CC3(CC3)C2)cc1Br. The molecule has 0 aromatic heterocycles. The molecular weight excluding hydrogens is 469 g/mol. The first-order valence-corrected chi connectivity index (χ1v) is 11.3. The highest BCUT2D eigenvalue weighted by Crippen LogP contribution is 2.63. The van der Waals surface area contributed by atoms with E-state index in [0.29, 0.717) is 0 Å². The zero-order valence-electron chi connectivity index (χ0n) is 15.5. The normalized spacial score (nSPS) is 18.4. The third-order valence-electron chi connectivity index (χ3n) is 5.74. The van der Waals surface area contributed by atoms with E-state index in [9.17, 15) is 21.6 Å². The van der Waals surface area contributed by atoms with Gasteiger partial charge in [-0.3, -0.25) is 0 Å². The third-order valence-corrected chi connectivity index (χ3v) is 7.86. The number of allylic oxidation sites excluding steroid dienone is 2. The molecule has 154 valence electrons. The molecule has 4 rings (SSSR count). The van der Waals surface area contributed by atoms with E-state index < -0.39 is 20.2 Å². The number of benzene rings is 2. The molecule has 29 heavy (non-hydrogen) atoms. The molecule has 0 saturated heterocycles. The first-order chi connectivity index (χ1) is 13.6. The maximum Gasteiger partial charge on any atom is 0.501 e. The van der Waals surface area contributed by atoms with Gasteiger partial charge in [0.25, 0.3) is 9.84 Å². The van der Waals surface area contributed by atoms with E-state index in [2.05, 4.69) is 15.9 Å². The van der Waals surface area contributed by atoms with Crippen molar-refractivity contribution in [1.29, 1.82) is 0 Å². The van der Waals surface area contributed by atoms with Crippen molar-refractivity contribution in [3.05, 3.63) is 58.1 Å². The van der Waals surface area contributed by atoms with Crippen molar-refractivity contribution in [2.24, 2.45) is 5.41 Å². The topological polar surface area (TPSA) is 43.4 Å². The quantitative estimate of drug-likeness (QED) is 0.513. The number of sulfone groups is 1. The number of halogens is 4. The summed E-state index contributed by atoms with van der Waals surface area (Å²) in [5.74, 6) is 0.719. The fourth-order valence-electron chi connectivity index (χ4n) is 3.93. The summed E-state index contributed by atoms with van der Waals surface area (Å²) >= 11 is 3.50. The lowest BCUT2D eigenvalue weighted by Gasteiger charge is -2.12. The van der Waals surface area contributed by atoms with Crippen LogP contribution in [0.4, 0.5) is 13.2 Å². The molecule has 0 unspecified atom stereocenters. The van der Waals surface area contributed by atoms with Gasteiger partial charge in [-0.05, 0) is 93.6 Å². The smallest absolute Gasteiger partial charge is 0.496 e. The minimum absolute atomic E-state index is 0.230. The molecule has 0 heterocycles. The maximum absolute atomic E-state index is 12.8. The van der Waals surface area contributed by atoms with Crippen molar-refractivity contribution in [3.8, 4) is 5.75 Å². The van der Waals surface area contributed by atoms with Gasteiger partial charge in [0.1, 0.15) is 5.75 Å². The Morgan fingerprint density at radius 3 is 2.00 bits per heavy atom. The molecule has 0 radical (unpaired) electrons. The maximum atomic E-state index is 12.8. The zero-order chi connectivity index (χ0) is 21.0. The summed E-state index contributed by atoms with van der Waals surface area (Å²) in [6.45, 7) is 0. The summed E-state index contributed by atoms with van der Waals surface area (Å²) in [5.41, 5.74) is -1.07. The second-order valence-electron chi connectivity index (χ2n) is 7.63. The van der Waals surface area contributed by atoms with E-state index in [0.717, 1.165) is 70.3 Å². The van der Waals surface area contributed by atoms with Crippen molar-refractivity contribution in [3.63, 3.8) is 0 Å². The molecule has 2 aliphatic rings. The molecular formula is C21H18BrF3O3S. The second kappa shape index (κ2) is 6.87. The Bertz CT molecular complexity index is 1100. The van der Waals surface area contributed by atoms with Crippen LogP contribution in [-0.4, -0.2) is 21.0 Å². The van der Waals surface area contributed by atoms with Crippen molar-refractivity contribution in [2.75, 3.05) is 7.11 Å². The molecule has 1 saturated carbocycles. The molecule has 2 aromatic rings. The number of methoxy groups -OCH3 is 1. The van der Waals surface area contributed by atoms with Crippen molar-refractivity contribution in [2.45, 2.75) is 36.1 Å². The Labute approximate surface area is 175 Å². The Balaban J connectivity index is 1.75. The summed E-state index contributed by atoms with van der Waals surface area (Å²) in [4.78, 5) is -0.734. The highest BCUT2D eigenvalue weighted by molar-refractivity contribution is 9.10. The van der Waals surface area contributed by atoms with Gasteiger partial charge >= 0.3 is 5.51 Å². The molecule has 3 nitrogen and oxygen atoms in total. The number of hydrogen-bond acceptors (Lipinski definition) is 3. The Hall–Kier alpha value is -1.80. The zero-order valence-corrected chi connectivity index (χ0v) is 17.9. The van der Waals surface area contributed by atoms with E-state index in [1.165, 1.54) is 12.1 Å². The molecule has 0 atom stereocenters. The van der Waals surface area contributed by atoms with Gasteiger partial charge in [-0.25, -0.2) is 8.42 Å². The lowest BCUT2D eigenvalue weighted by atomic mass is 9.97. The van der Waals surface area contributed by atoms with Crippen molar-refractivity contribution < 1.29 is 26.3 Å². The number of rotatable bonds is 4. The fourth-order valence-corrected chi connectivity index (χ4v) is 5.23. The Kier molecular flexibility index (Phi) is 4.85. The lowest BCUT2D eigenvalue weighted by molar-refractivity contribution is -0.0436. The van der Waals surface area contributed by atoms with Crippen LogP contribution in [0, 0.1) is 5.41 Å². The van der Waals surface area contributed by atoms with Crippen LogP contribution in [-0.2, 0) is 9.84 Å². The van der Waals surface area contributed by atoms with Crippen LogP contribution in [0.2, 0.25) is 0 Å². The summed E-state index contributed by atoms with van der Waals surface area (Å²) < 4.78 is 67.8. The Morgan fingerprint density at radius 2 is 1.52 bits per heavy atom. The van der Waals surface area contributed by atoms with Crippen LogP contribution in [0.5, 0.6) is 5.75 Å². The van der Waals surface area contributed by atoms with Crippen LogP contribution >= 0.6 is 15.9 Å². The standard InChI is InChI=1S/C21H18BrF3O3S/c1-28-19-7-4-14(10-18(19)22)17-12-20(8-9-20)11-16(17)13-2-5-15(6-3-13)29(26,27)21(23,24)25/h2-7,10H,8-9,11-12H2,1H3. The summed E-state index contributed by atoms with van der Waals surface area (Å²) in [6.07, 6.45) is 4.00. The van der Waals surface area contributed by atoms with E-state index in [1.54, 1.807) is 7.11 Å². The van der Waals surface area contributed by atoms with Gasteiger partial charge < -0.3 is 4.74 Å². The van der Waals surface area contributed by atoms with E-state index in [-0.39, 0.29) is 5.41 Å². The highest BCUT2D eigenvalue weighted by atomic mass is 79.9. The number of ether oxygens (including phenoxy) is 1. The van der Waals surface area contributed by atoms with Gasteiger partial charge in [0, 0.05) is 0 Å².